The van der Waals surface area contributed by atoms with Crippen LogP contribution in [0.1, 0.15) is 171 Å². The molecule has 0 aromatic heterocycles. The molecule has 0 amide bonds. The molecule has 0 atom stereocenters. The number of hydrogen-bond acceptors (Lipinski definition) is 8. The lowest BCUT2D eigenvalue weighted by atomic mass is 9.76. The van der Waals surface area contributed by atoms with E-state index in [2.05, 4.69) is 112 Å². The van der Waals surface area contributed by atoms with Gasteiger partial charge in [-0.2, -0.15) is 0 Å². The highest BCUT2D eigenvalue weighted by Gasteiger charge is 2.41. The third-order valence-corrected chi connectivity index (χ3v) is 16.7. The van der Waals surface area contributed by atoms with Gasteiger partial charge in [0.05, 0.1) is 0 Å². The number of ether oxygens (including phenoxy) is 8. The molecule has 12 heteroatoms. The Bertz CT molecular complexity index is 2260. The lowest BCUT2D eigenvalue weighted by Gasteiger charge is -2.36. The maximum atomic E-state index is 6.69. The van der Waals surface area contributed by atoms with Crippen molar-refractivity contribution >= 4 is 63.7 Å². The van der Waals surface area contributed by atoms with Gasteiger partial charge in [0.1, 0.15) is 63.9 Å². The lowest BCUT2D eigenvalue weighted by Crippen LogP contribution is -2.23. The molecule has 0 radical (unpaired) electrons. The normalized spacial score (nSPS) is 18.7. The van der Waals surface area contributed by atoms with Crippen molar-refractivity contribution in [3.8, 4) is 95.4 Å². The van der Waals surface area contributed by atoms with Crippen LogP contribution in [-0.2, 0) is 0 Å². The Hall–Kier alpha value is -4.56. The zero-order valence-corrected chi connectivity index (χ0v) is 44.2. The van der Waals surface area contributed by atoms with Crippen molar-refractivity contribution in [3.63, 3.8) is 0 Å². The molecular weight excluding hydrogens is 1120 g/mol. The second-order valence-electron chi connectivity index (χ2n) is 17.7. The van der Waals surface area contributed by atoms with Gasteiger partial charge in [-0.15, -0.1) is 49.4 Å². The molecule has 4 aliphatic heterocycles. The van der Waals surface area contributed by atoms with E-state index in [0.717, 1.165) is 122 Å². The minimum Gasteiger partial charge on any atom is -0.456 e. The van der Waals surface area contributed by atoms with Crippen molar-refractivity contribution in [1.29, 1.82) is 0 Å². The summed E-state index contributed by atoms with van der Waals surface area (Å²) < 4.78 is 56.4. The van der Waals surface area contributed by atoms with Gasteiger partial charge in [0.2, 0.25) is 27.2 Å². The summed E-state index contributed by atoms with van der Waals surface area (Å²) in [6.07, 6.45) is 36.0. The standard InChI is InChI=1S/C56H52Br4O8/c1-5-9-13-17-21-33-37-25-39-34(22-18-14-10-6-2)41-27-43-36(24-20-16-12-8-4)44-28-42-35(23-19-15-11-7-3)40-26-38(33)50-46(58)52(40)64-31-66-54(42)48(60)56(44)68-32-67-55(43)47(59)53(41)65-30-63-51(39)45(57)49(37)61-29-62-50/h1-4,25-28,33-36H,9-24,29-32H2. The molecule has 0 fully saturated rings. The Morgan fingerprint density at radius 2 is 0.500 bits per heavy atom. The molecule has 4 aromatic rings. The highest BCUT2D eigenvalue weighted by Crippen LogP contribution is 2.60. The first-order valence-electron chi connectivity index (χ1n) is 23.5. The molecule has 5 aliphatic rings. The summed E-state index contributed by atoms with van der Waals surface area (Å²) in [7, 11) is 0. The number of halogens is 4. The monoisotopic (exact) mass is 1170 g/mol. The van der Waals surface area contributed by atoms with Crippen LogP contribution in [0.15, 0.2) is 42.2 Å². The molecule has 1 aliphatic carbocycles. The van der Waals surface area contributed by atoms with Crippen LogP contribution in [0.3, 0.4) is 0 Å². The summed E-state index contributed by atoms with van der Waals surface area (Å²) in [4.78, 5) is 0. The van der Waals surface area contributed by atoms with Gasteiger partial charge in [0.25, 0.3) is 0 Å². The van der Waals surface area contributed by atoms with Gasteiger partial charge in [-0.1, -0.05) is 25.7 Å². The summed E-state index contributed by atoms with van der Waals surface area (Å²) in [5, 5.41) is 0. The largest absolute Gasteiger partial charge is 0.456 e. The van der Waals surface area contributed by atoms with E-state index in [9.17, 15) is 0 Å². The van der Waals surface area contributed by atoms with E-state index in [1.165, 1.54) is 0 Å². The number of terminal acetylenes is 4. The highest BCUT2D eigenvalue weighted by molar-refractivity contribution is 9.11. The zero-order chi connectivity index (χ0) is 47.3. The number of benzene rings is 4. The van der Waals surface area contributed by atoms with E-state index in [4.69, 9.17) is 63.6 Å². The quantitative estimate of drug-likeness (QED) is 0.0812. The molecule has 0 spiro atoms. The number of rotatable bonds is 16. The number of hydrogen-bond donors (Lipinski definition) is 0. The van der Waals surface area contributed by atoms with Gasteiger partial charge in [0, 0.05) is 93.9 Å². The van der Waals surface area contributed by atoms with Gasteiger partial charge in [-0.05, 0) is 139 Å². The van der Waals surface area contributed by atoms with E-state index in [0.29, 0.717) is 89.6 Å². The second-order valence-corrected chi connectivity index (χ2v) is 20.9. The predicted octanol–water partition coefficient (Wildman–Crippen LogP) is 15.3. The molecule has 4 heterocycles. The van der Waals surface area contributed by atoms with Crippen molar-refractivity contribution in [2.75, 3.05) is 27.2 Å². The van der Waals surface area contributed by atoms with Crippen molar-refractivity contribution < 1.29 is 37.9 Å². The second kappa shape index (κ2) is 22.0. The first kappa shape index (κ1) is 48.5. The van der Waals surface area contributed by atoms with Crippen LogP contribution in [-0.4, -0.2) is 27.2 Å². The Labute approximate surface area is 434 Å². The maximum Gasteiger partial charge on any atom is 0.231 e. The van der Waals surface area contributed by atoms with Crippen LogP contribution in [0.2, 0.25) is 0 Å². The van der Waals surface area contributed by atoms with Gasteiger partial charge < -0.3 is 37.9 Å². The van der Waals surface area contributed by atoms with Crippen molar-refractivity contribution in [2.24, 2.45) is 0 Å². The van der Waals surface area contributed by atoms with Gasteiger partial charge in [-0.3, -0.25) is 0 Å². The van der Waals surface area contributed by atoms with Crippen LogP contribution in [0, 0.1) is 49.4 Å². The number of unbranched alkanes of at least 4 members (excludes halogenated alkanes) is 8. The maximum absolute atomic E-state index is 6.69. The van der Waals surface area contributed by atoms with Crippen LogP contribution in [0.5, 0.6) is 46.0 Å². The van der Waals surface area contributed by atoms with Crippen molar-refractivity contribution in [2.45, 2.75) is 126 Å². The molecule has 352 valence electrons. The average molecular weight is 1170 g/mol. The molecule has 0 saturated heterocycles. The van der Waals surface area contributed by atoms with Crippen LogP contribution in [0.4, 0.5) is 0 Å². The highest BCUT2D eigenvalue weighted by atomic mass is 79.9. The fourth-order valence-electron chi connectivity index (χ4n) is 10.7. The SMILES string of the molecule is C#CCCCCC1c2cc3c4c(Br)c2OCOc2c1cc1c(c2Br)OCOc2c(cc5c(c2Br)OCOc2c(cc(c(c2Br)OCO4)C3CCCCC#C)C5CCCCC#C)C1CCCCC#C. The van der Waals surface area contributed by atoms with E-state index in [1.54, 1.807) is 0 Å². The van der Waals surface area contributed by atoms with Crippen LogP contribution in [0.25, 0.3) is 0 Å². The molecule has 4 aromatic carbocycles. The summed E-state index contributed by atoms with van der Waals surface area (Å²) >= 11 is 16.2. The van der Waals surface area contributed by atoms with Gasteiger partial charge >= 0.3 is 0 Å². The minimum absolute atomic E-state index is 0.0663. The molecule has 8 nitrogen and oxygen atoms in total. The molecule has 9 rings (SSSR count). The summed E-state index contributed by atoms with van der Waals surface area (Å²) in [6, 6.07) is 9.27. The van der Waals surface area contributed by atoms with Gasteiger partial charge in [-0.25, -0.2) is 0 Å². The van der Waals surface area contributed by atoms with Crippen molar-refractivity contribution in [3.05, 3.63) is 86.7 Å². The lowest BCUT2D eigenvalue weighted by molar-refractivity contribution is 0.0954. The van der Waals surface area contributed by atoms with E-state index >= 15 is 0 Å². The third kappa shape index (κ3) is 9.29. The Morgan fingerprint density at radius 1 is 0.324 bits per heavy atom. The molecular formula is C56H52Br4O8. The van der Waals surface area contributed by atoms with Crippen molar-refractivity contribution in [1.82, 2.24) is 0 Å². The van der Waals surface area contributed by atoms with E-state index in [-0.39, 0.29) is 50.8 Å². The minimum atomic E-state index is -0.199. The van der Waals surface area contributed by atoms with Crippen LogP contribution < -0.4 is 37.9 Å². The summed E-state index contributed by atoms with van der Waals surface area (Å²) in [6.45, 7) is -0.265. The zero-order valence-electron chi connectivity index (χ0n) is 37.8. The van der Waals surface area contributed by atoms with Gasteiger partial charge in [0.15, 0.2) is 0 Å². The predicted molar refractivity (Wildman–Crippen MR) is 278 cm³/mol. The van der Waals surface area contributed by atoms with E-state index < -0.39 is 0 Å². The molecule has 8 bridgehead atoms. The molecule has 0 unspecified atom stereocenters. The molecule has 68 heavy (non-hydrogen) atoms. The Balaban J connectivity index is 1.42. The first-order chi connectivity index (χ1) is 33.3. The summed E-state index contributed by atoms with van der Waals surface area (Å²) in [5.41, 5.74) is 8.17. The third-order valence-electron chi connectivity index (χ3n) is 13.8. The fourth-order valence-corrected chi connectivity index (χ4v) is 13.4. The Kier molecular flexibility index (Phi) is 15.7. The Morgan fingerprint density at radius 3 is 0.662 bits per heavy atom. The molecule has 0 saturated carbocycles. The first-order valence-corrected chi connectivity index (χ1v) is 26.7. The topological polar surface area (TPSA) is 73.8 Å². The fraction of sp³-hybridized carbons (Fsp3) is 0.429. The smallest absolute Gasteiger partial charge is 0.231 e. The van der Waals surface area contributed by atoms with E-state index in [1.807, 2.05) is 0 Å². The summed E-state index contributed by atoms with van der Waals surface area (Å²) in [5.74, 6) is 15.9. The van der Waals surface area contributed by atoms with Crippen LogP contribution >= 0.6 is 63.7 Å². The molecule has 0 N–H and O–H groups in total. The average Bonchev–Trinajstić information content (AvgIpc) is 3.31.